The SMILES string of the molecule is Cc1cc2c(cn1)CNC1CCc3cc(O)c(O)cc3C21. The molecule has 2 aromatic rings. The van der Waals surface area contributed by atoms with Gasteiger partial charge in [0.05, 0.1) is 0 Å². The molecule has 0 fully saturated rings. The number of rotatable bonds is 0. The monoisotopic (exact) mass is 282 g/mol. The fourth-order valence-electron chi connectivity index (χ4n) is 3.73. The van der Waals surface area contributed by atoms with Gasteiger partial charge in [-0.3, -0.25) is 4.98 Å². The number of nitrogens with one attached hydrogen (secondary N) is 1. The number of benzene rings is 1. The number of nitrogens with zero attached hydrogens (tertiary/aromatic N) is 1. The molecule has 2 unspecified atom stereocenters. The number of fused-ring (bicyclic) bond motifs is 5. The highest BCUT2D eigenvalue weighted by Crippen LogP contribution is 2.44. The van der Waals surface area contributed by atoms with Crippen LogP contribution in [0.15, 0.2) is 24.4 Å². The predicted molar refractivity (Wildman–Crippen MR) is 79.5 cm³/mol. The average molecular weight is 282 g/mol. The first-order valence-corrected chi connectivity index (χ1v) is 7.37. The van der Waals surface area contributed by atoms with E-state index < -0.39 is 0 Å². The van der Waals surface area contributed by atoms with Crippen molar-refractivity contribution in [3.8, 4) is 11.5 Å². The minimum absolute atomic E-state index is 0.0258. The van der Waals surface area contributed by atoms with E-state index in [-0.39, 0.29) is 17.4 Å². The van der Waals surface area contributed by atoms with E-state index in [1.165, 1.54) is 11.1 Å². The molecule has 0 saturated heterocycles. The molecule has 1 aromatic carbocycles. The van der Waals surface area contributed by atoms with Crippen molar-refractivity contribution in [2.45, 2.75) is 38.3 Å². The van der Waals surface area contributed by atoms with Gasteiger partial charge in [0.2, 0.25) is 0 Å². The number of aryl methyl sites for hydroxylation is 2. The lowest BCUT2D eigenvalue weighted by molar-refractivity contribution is 0.379. The highest BCUT2D eigenvalue weighted by molar-refractivity contribution is 5.53. The van der Waals surface area contributed by atoms with Crippen molar-refractivity contribution >= 4 is 0 Å². The van der Waals surface area contributed by atoms with Crippen molar-refractivity contribution in [1.29, 1.82) is 0 Å². The van der Waals surface area contributed by atoms with Gasteiger partial charge in [0.15, 0.2) is 11.5 Å². The van der Waals surface area contributed by atoms with E-state index in [2.05, 4.69) is 16.4 Å². The molecule has 4 rings (SSSR count). The maximum absolute atomic E-state index is 9.89. The predicted octanol–water partition coefficient (Wildman–Crippen LogP) is 2.35. The molecule has 0 saturated carbocycles. The zero-order valence-corrected chi connectivity index (χ0v) is 11.9. The third-order valence-corrected chi connectivity index (χ3v) is 4.75. The van der Waals surface area contributed by atoms with Gasteiger partial charge >= 0.3 is 0 Å². The fourth-order valence-corrected chi connectivity index (χ4v) is 3.73. The minimum Gasteiger partial charge on any atom is -0.504 e. The minimum atomic E-state index is -0.0349. The molecule has 0 radical (unpaired) electrons. The summed E-state index contributed by atoms with van der Waals surface area (Å²) in [7, 11) is 0. The topological polar surface area (TPSA) is 65.4 Å². The molecule has 21 heavy (non-hydrogen) atoms. The molecule has 2 atom stereocenters. The van der Waals surface area contributed by atoms with E-state index in [1.807, 2.05) is 13.1 Å². The third kappa shape index (κ3) is 1.90. The molecule has 0 spiro atoms. The smallest absolute Gasteiger partial charge is 0.157 e. The summed E-state index contributed by atoms with van der Waals surface area (Å²) >= 11 is 0. The summed E-state index contributed by atoms with van der Waals surface area (Å²) < 4.78 is 0. The molecular formula is C17H18N2O2. The molecule has 2 heterocycles. The number of aromatic nitrogens is 1. The summed E-state index contributed by atoms with van der Waals surface area (Å²) in [6.45, 7) is 2.86. The molecule has 1 aromatic heterocycles. The van der Waals surface area contributed by atoms with Crippen LogP contribution in [0.2, 0.25) is 0 Å². The van der Waals surface area contributed by atoms with Crippen molar-refractivity contribution in [1.82, 2.24) is 10.3 Å². The summed E-state index contributed by atoms with van der Waals surface area (Å²) in [5.74, 6) is 0.167. The molecule has 3 N–H and O–H groups in total. The number of hydrogen-bond donors (Lipinski definition) is 3. The van der Waals surface area contributed by atoms with Crippen molar-refractivity contribution in [3.63, 3.8) is 0 Å². The third-order valence-electron chi connectivity index (χ3n) is 4.75. The standard InChI is InChI=1S/C17H18N2O2/c1-9-4-12-11(7-18-9)8-19-14-3-2-10-5-15(20)16(21)6-13(10)17(12)14/h4-7,14,17,19-21H,2-3,8H2,1H3. The second kappa shape index (κ2) is 4.46. The lowest BCUT2D eigenvalue weighted by Gasteiger charge is -2.39. The molecule has 2 aliphatic rings. The van der Waals surface area contributed by atoms with E-state index in [0.29, 0.717) is 6.04 Å². The van der Waals surface area contributed by atoms with Gasteiger partial charge in [-0.2, -0.15) is 0 Å². The Morgan fingerprint density at radius 2 is 1.86 bits per heavy atom. The van der Waals surface area contributed by atoms with Crippen molar-refractivity contribution in [2.75, 3.05) is 0 Å². The Bertz CT molecular complexity index is 727. The van der Waals surface area contributed by atoms with Crippen LogP contribution in [0.3, 0.4) is 0 Å². The largest absolute Gasteiger partial charge is 0.504 e. The van der Waals surface area contributed by atoms with Crippen LogP contribution in [0.5, 0.6) is 11.5 Å². The molecule has 1 aliphatic heterocycles. The van der Waals surface area contributed by atoms with Crippen LogP contribution in [-0.4, -0.2) is 21.2 Å². The highest BCUT2D eigenvalue weighted by Gasteiger charge is 2.35. The van der Waals surface area contributed by atoms with Crippen LogP contribution in [-0.2, 0) is 13.0 Å². The number of phenols is 2. The lowest BCUT2D eigenvalue weighted by atomic mass is 9.72. The fraction of sp³-hybridized carbons (Fsp3) is 0.353. The van der Waals surface area contributed by atoms with Gasteiger partial charge in [-0.05, 0) is 60.2 Å². The summed E-state index contributed by atoms with van der Waals surface area (Å²) in [6, 6.07) is 5.99. The number of hydrogen-bond acceptors (Lipinski definition) is 4. The summed E-state index contributed by atoms with van der Waals surface area (Å²) in [4.78, 5) is 4.39. The summed E-state index contributed by atoms with van der Waals surface area (Å²) in [5, 5.41) is 23.2. The van der Waals surface area contributed by atoms with Gasteiger partial charge in [0, 0.05) is 30.4 Å². The zero-order chi connectivity index (χ0) is 14.6. The van der Waals surface area contributed by atoms with E-state index in [1.54, 1.807) is 12.1 Å². The van der Waals surface area contributed by atoms with Crippen LogP contribution in [0.25, 0.3) is 0 Å². The van der Waals surface area contributed by atoms with Gasteiger partial charge < -0.3 is 15.5 Å². The molecule has 108 valence electrons. The Balaban J connectivity index is 1.92. The Morgan fingerprint density at radius 3 is 2.71 bits per heavy atom. The van der Waals surface area contributed by atoms with Crippen LogP contribution >= 0.6 is 0 Å². The second-order valence-corrected chi connectivity index (χ2v) is 6.07. The van der Waals surface area contributed by atoms with Gasteiger partial charge in [0.25, 0.3) is 0 Å². The Hall–Kier alpha value is -2.07. The van der Waals surface area contributed by atoms with E-state index in [0.717, 1.165) is 36.2 Å². The molecule has 1 aliphatic carbocycles. The first-order chi connectivity index (χ1) is 10.1. The van der Waals surface area contributed by atoms with Gasteiger partial charge in [0.1, 0.15) is 0 Å². The van der Waals surface area contributed by atoms with Crippen molar-refractivity contribution in [3.05, 3.63) is 52.3 Å². The van der Waals surface area contributed by atoms with Gasteiger partial charge in [-0.1, -0.05) is 0 Å². The average Bonchev–Trinajstić information content (AvgIpc) is 2.48. The van der Waals surface area contributed by atoms with Crippen LogP contribution in [0.4, 0.5) is 0 Å². The molecule has 4 nitrogen and oxygen atoms in total. The molecular weight excluding hydrogens is 264 g/mol. The van der Waals surface area contributed by atoms with Crippen LogP contribution in [0, 0.1) is 6.92 Å². The Labute approximate surface area is 123 Å². The molecule has 4 heteroatoms. The number of phenolic OH excluding ortho intramolecular Hbond substituents is 2. The quantitative estimate of drug-likeness (QED) is 0.649. The summed E-state index contributed by atoms with van der Waals surface area (Å²) in [6.07, 6.45) is 3.92. The van der Waals surface area contributed by atoms with Gasteiger partial charge in [-0.25, -0.2) is 0 Å². The maximum Gasteiger partial charge on any atom is 0.157 e. The molecule has 0 bridgehead atoms. The van der Waals surface area contributed by atoms with E-state index in [4.69, 9.17) is 0 Å². The molecule has 0 amide bonds. The van der Waals surface area contributed by atoms with Crippen LogP contribution < -0.4 is 5.32 Å². The maximum atomic E-state index is 9.89. The van der Waals surface area contributed by atoms with E-state index >= 15 is 0 Å². The van der Waals surface area contributed by atoms with E-state index in [9.17, 15) is 10.2 Å². The van der Waals surface area contributed by atoms with Gasteiger partial charge in [-0.15, -0.1) is 0 Å². The highest BCUT2D eigenvalue weighted by atomic mass is 16.3. The summed E-state index contributed by atoms with van der Waals surface area (Å²) in [5.41, 5.74) is 5.81. The first-order valence-electron chi connectivity index (χ1n) is 7.37. The van der Waals surface area contributed by atoms with Crippen LogP contribution in [0.1, 0.15) is 40.3 Å². The Kier molecular flexibility index (Phi) is 2.69. The zero-order valence-electron chi connectivity index (χ0n) is 11.9. The number of pyridine rings is 1. The second-order valence-electron chi connectivity index (χ2n) is 6.07. The Morgan fingerprint density at radius 1 is 1.10 bits per heavy atom. The van der Waals surface area contributed by atoms with Crippen molar-refractivity contribution < 1.29 is 10.2 Å². The first kappa shape index (κ1) is 12.7. The normalized spacial score (nSPS) is 23.1. The number of aromatic hydroxyl groups is 2. The lowest BCUT2D eigenvalue weighted by Crippen LogP contribution is -2.42. The van der Waals surface area contributed by atoms with Crippen molar-refractivity contribution in [2.24, 2.45) is 0 Å².